The van der Waals surface area contributed by atoms with Gasteiger partial charge in [-0.25, -0.2) is 10.0 Å². The highest BCUT2D eigenvalue weighted by atomic mass is 32.1. The van der Waals surface area contributed by atoms with E-state index in [1.165, 1.54) is 17.5 Å². The van der Waals surface area contributed by atoms with Gasteiger partial charge in [0.2, 0.25) is 18.2 Å². The Morgan fingerprint density at radius 3 is 2.31 bits per heavy atom. The number of carbonyl (C=O) groups excluding carboxylic acids is 3. The van der Waals surface area contributed by atoms with Gasteiger partial charge in [-0.2, -0.15) is 13.2 Å². The van der Waals surface area contributed by atoms with Gasteiger partial charge in [-0.15, -0.1) is 11.3 Å². The summed E-state index contributed by atoms with van der Waals surface area (Å²) in [5, 5.41) is 17.3. The number of halogens is 3. The van der Waals surface area contributed by atoms with Gasteiger partial charge < -0.3 is 10.6 Å². The Kier molecular flexibility index (Phi) is 10.1. The first-order chi connectivity index (χ1) is 14.7. The molecule has 0 aliphatic heterocycles. The molecule has 3 N–H and O–H groups in total. The number of thiazole rings is 1. The van der Waals surface area contributed by atoms with Crippen molar-refractivity contribution < 1.29 is 32.8 Å². The van der Waals surface area contributed by atoms with Crippen LogP contribution in [-0.2, 0) is 14.4 Å². The van der Waals surface area contributed by atoms with E-state index in [1.54, 1.807) is 40.0 Å². The van der Waals surface area contributed by atoms with Gasteiger partial charge in [-0.1, -0.05) is 34.6 Å². The van der Waals surface area contributed by atoms with Crippen molar-refractivity contribution in [2.45, 2.75) is 72.1 Å². The van der Waals surface area contributed by atoms with Crippen molar-refractivity contribution in [3.63, 3.8) is 0 Å². The van der Waals surface area contributed by atoms with Crippen LogP contribution in [0.1, 0.15) is 53.9 Å². The molecule has 0 fully saturated rings. The van der Waals surface area contributed by atoms with Crippen LogP contribution in [0.4, 0.5) is 18.3 Å². The minimum atomic E-state index is -4.53. The van der Waals surface area contributed by atoms with Crippen LogP contribution in [0.25, 0.3) is 0 Å². The van der Waals surface area contributed by atoms with E-state index in [-0.39, 0.29) is 23.8 Å². The number of rotatable bonds is 11. The van der Waals surface area contributed by atoms with E-state index in [2.05, 4.69) is 15.6 Å². The van der Waals surface area contributed by atoms with Crippen molar-refractivity contribution in [2.75, 3.05) is 5.32 Å². The second-order valence-corrected chi connectivity index (χ2v) is 9.97. The lowest BCUT2D eigenvalue weighted by Gasteiger charge is -2.35. The minimum Gasteiger partial charge on any atom is -0.343 e. The maximum atomic E-state index is 13.2. The highest BCUT2D eigenvalue weighted by Crippen LogP contribution is 2.29. The Hall–Kier alpha value is -2.21. The molecule has 3 atom stereocenters. The largest absolute Gasteiger partial charge is 0.389 e. The van der Waals surface area contributed by atoms with Crippen LogP contribution in [0, 0.1) is 17.3 Å². The molecule has 12 heteroatoms. The molecule has 0 unspecified atom stereocenters. The number of nitrogens with zero attached hydrogens (tertiary/aromatic N) is 2. The molecule has 0 spiro atoms. The van der Waals surface area contributed by atoms with Gasteiger partial charge in [0.05, 0.1) is 12.0 Å². The lowest BCUT2D eigenvalue weighted by atomic mass is 9.83. The van der Waals surface area contributed by atoms with E-state index in [1.807, 2.05) is 0 Å². The third-order valence-electron chi connectivity index (χ3n) is 4.78. The summed E-state index contributed by atoms with van der Waals surface area (Å²) in [4.78, 5) is 41.1. The summed E-state index contributed by atoms with van der Waals surface area (Å²) in [6.45, 7) is 8.70. The number of anilines is 1. The number of hydroxylamine groups is 2. The number of hydrogen-bond donors (Lipinski definition) is 3. The topological polar surface area (TPSA) is 112 Å². The second-order valence-electron chi connectivity index (χ2n) is 9.08. The highest BCUT2D eigenvalue weighted by Gasteiger charge is 2.40. The fraction of sp³-hybridized carbons (Fsp3) is 0.700. The molecule has 8 nitrogen and oxygen atoms in total. The van der Waals surface area contributed by atoms with Gasteiger partial charge in [-0.3, -0.25) is 19.6 Å². The van der Waals surface area contributed by atoms with Gasteiger partial charge in [0.1, 0.15) is 6.04 Å². The van der Waals surface area contributed by atoms with Gasteiger partial charge in [0.15, 0.2) is 5.13 Å². The third-order valence-corrected chi connectivity index (χ3v) is 5.46. The number of amides is 3. The van der Waals surface area contributed by atoms with Gasteiger partial charge in [0, 0.05) is 18.0 Å². The van der Waals surface area contributed by atoms with Crippen molar-refractivity contribution in [1.82, 2.24) is 15.4 Å². The van der Waals surface area contributed by atoms with Crippen molar-refractivity contribution in [1.29, 1.82) is 0 Å². The predicted molar refractivity (Wildman–Crippen MR) is 114 cm³/mol. The lowest BCUT2D eigenvalue weighted by Crippen LogP contribution is -2.55. The summed E-state index contributed by atoms with van der Waals surface area (Å²) in [5.41, 5.74) is -0.746. The number of hydrogen-bond acceptors (Lipinski definition) is 6. The van der Waals surface area contributed by atoms with Crippen LogP contribution in [0.15, 0.2) is 11.6 Å². The number of alkyl halides is 3. The van der Waals surface area contributed by atoms with E-state index in [4.69, 9.17) is 0 Å². The summed E-state index contributed by atoms with van der Waals surface area (Å²) < 4.78 is 38.4. The first kappa shape index (κ1) is 27.8. The van der Waals surface area contributed by atoms with E-state index in [0.717, 1.165) is 0 Å². The molecule has 0 aliphatic rings. The second kappa shape index (κ2) is 11.6. The molecule has 182 valence electrons. The normalized spacial score (nSPS) is 15.1. The summed E-state index contributed by atoms with van der Waals surface area (Å²) >= 11 is 1.19. The van der Waals surface area contributed by atoms with Crippen LogP contribution in [0.3, 0.4) is 0 Å². The molecule has 1 heterocycles. The summed E-state index contributed by atoms with van der Waals surface area (Å²) in [5.74, 6) is -2.55. The summed E-state index contributed by atoms with van der Waals surface area (Å²) in [6.07, 6.45) is -4.87. The maximum Gasteiger partial charge on any atom is 0.389 e. The maximum absolute atomic E-state index is 13.2. The zero-order chi connectivity index (χ0) is 24.7. The smallest absolute Gasteiger partial charge is 0.343 e. The molecule has 0 bridgehead atoms. The van der Waals surface area contributed by atoms with Crippen molar-refractivity contribution >= 4 is 34.7 Å². The van der Waals surface area contributed by atoms with Crippen LogP contribution in [0.5, 0.6) is 0 Å². The van der Waals surface area contributed by atoms with Crippen molar-refractivity contribution in [3.8, 4) is 0 Å². The van der Waals surface area contributed by atoms with Gasteiger partial charge in [0.25, 0.3) is 0 Å². The van der Waals surface area contributed by atoms with Crippen LogP contribution in [0.2, 0.25) is 0 Å². The number of carbonyl (C=O) groups is 3. The summed E-state index contributed by atoms with van der Waals surface area (Å²) in [6, 6.07) is -2.45. The Bertz CT molecular complexity index is 751. The molecule has 0 saturated carbocycles. The molecule has 0 aromatic carbocycles. The molecular weight excluding hydrogens is 449 g/mol. The lowest BCUT2D eigenvalue weighted by molar-refractivity contribution is -0.178. The molecule has 0 aliphatic carbocycles. The van der Waals surface area contributed by atoms with Crippen LogP contribution >= 0.6 is 11.3 Å². The molecule has 1 rings (SSSR count). The Morgan fingerprint density at radius 2 is 1.88 bits per heavy atom. The fourth-order valence-electron chi connectivity index (χ4n) is 3.24. The first-order valence-electron chi connectivity index (χ1n) is 10.2. The molecule has 1 aromatic heterocycles. The quantitative estimate of drug-likeness (QED) is 0.253. The molecule has 32 heavy (non-hydrogen) atoms. The zero-order valence-electron chi connectivity index (χ0n) is 18.8. The van der Waals surface area contributed by atoms with E-state index < -0.39 is 54.2 Å². The first-order valence-corrected chi connectivity index (χ1v) is 11.0. The van der Waals surface area contributed by atoms with Crippen molar-refractivity contribution in [3.05, 3.63) is 11.6 Å². The monoisotopic (exact) mass is 480 g/mol. The summed E-state index contributed by atoms with van der Waals surface area (Å²) in [7, 11) is 0. The van der Waals surface area contributed by atoms with Crippen LogP contribution in [-0.4, -0.2) is 51.7 Å². The van der Waals surface area contributed by atoms with E-state index in [0.29, 0.717) is 5.13 Å². The Morgan fingerprint density at radius 1 is 1.25 bits per heavy atom. The fourth-order valence-corrected chi connectivity index (χ4v) is 3.77. The average molecular weight is 481 g/mol. The average Bonchev–Trinajstić information content (AvgIpc) is 3.15. The van der Waals surface area contributed by atoms with Crippen LogP contribution < -0.4 is 10.6 Å². The molecule has 3 amide bonds. The predicted octanol–water partition coefficient (Wildman–Crippen LogP) is 3.83. The zero-order valence-corrected chi connectivity index (χ0v) is 19.6. The molecule has 1 aromatic rings. The van der Waals surface area contributed by atoms with Gasteiger partial charge >= 0.3 is 6.18 Å². The molecule has 0 radical (unpaired) electrons. The molecular formula is C20H31F3N4O4S. The molecule has 0 saturated heterocycles. The van der Waals surface area contributed by atoms with Gasteiger partial charge in [-0.05, 0) is 24.2 Å². The Labute approximate surface area is 189 Å². The minimum absolute atomic E-state index is 0.0158. The number of aromatic nitrogens is 1. The third kappa shape index (κ3) is 9.11. The van der Waals surface area contributed by atoms with E-state index in [9.17, 15) is 32.8 Å². The Balaban J connectivity index is 3.16. The van der Waals surface area contributed by atoms with Crippen molar-refractivity contribution in [2.24, 2.45) is 17.3 Å². The van der Waals surface area contributed by atoms with E-state index >= 15 is 0 Å². The number of nitrogens with one attached hydrogen (secondary N) is 2. The standard InChI is InChI=1S/C20H31F3N4O4S/c1-12(2)10-13(14(27(31)11-28)6-7-20(21,22)23)16(29)25-15(19(3,4)5)17(30)26-18-24-8-9-32-18/h8-9,11-15,31H,6-7,10H2,1-5H3,(H,25,29)(H,24,26,30)/t13-,14+,15-/m1/s1. The SMILES string of the molecule is CC(C)C[C@@H](C(=O)N[C@H](C(=O)Nc1nccs1)C(C)(C)C)[C@H](CCC(F)(F)F)N(O)C=O. The highest BCUT2D eigenvalue weighted by molar-refractivity contribution is 7.13.